The van der Waals surface area contributed by atoms with Gasteiger partial charge < -0.3 is 9.47 Å². The molecule has 0 N–H and O–H groups in total. The lowest BCUT2D eigenvalue weighted by atomic mass is 10.1. The zero-order chi connectivity index (χ0) is 13.8. The molecular formula is C14H24O4. The van der Waals surface area contributed by atoms with Gasteiger partial charge in [0, 0.05) is 12.2 Å². The van der Waals surface area contributed by atoms with Crippen molar-refractivity contribution in [2.75, 3.05) is 6.61 Å². The molecule has 0 spiro atoms. The molecule has 0 aromatic heterocycles. The minimum absolute atomic E-state index is 0.0469. The maximum Gasteiger partial charge on any atom is 0.331 e. The number of hydrogen-bond acceptors (Lipinski definition) is 4. The van der Waals surface area contributed by atoms with Crippen LogP contribution in [-0.2, 0) is 19.1 Å². The van der Waals surface area contributed by atoms with Crippen molar-refractivity contribution in [3.63, 3.8) is 0 Å². The zero-order valence-electron chi connectivity index (χ0n) is 11.6. The van der Waals surface area contributed by atoms with E-state index < -0.39 is 11.9 Å². The first-order valence-electron chi connectivity index (χ1n) is 6.69. The number of esters is 2. The van der Waals surface area contributed by atoms with Crippen LogP contribution >= 0.6 is 0 Å². The molecule has 0 radical (unpaired) electrons. The Hall–Kier alpha value is -1.32. The molecule has 0 bridgehead atoms. The van der Waals surface area contributed by atoms with Crippen molar-refractivity contribution in [1.82, 2.24) is 0 Å². The summed E-state index contributed by atoms with van der Waals surface area (Å²) in [6.07, 6.45) is 7.03. The van der Waals surface area contributed by atoms with Gasteiger partial charge >= 0.3 is 11.9 Å². The van der Waals surface area contributed by atoms with Crippen molar-refractivity contribution in [3.8, 4) is 0 Å². The predicted octanol–water partition coefficient (Wildman–Crippen LogP) is 3.01. The quantitative estimate of drug-likeness (QED) is 0.470. The molecular weight excluding hydrogens is 232 g/mol. The lowest BCUT2D eigenvalue weighted by Gasteiger charge is -2.15. The molecule has 104 valence electrons. The van der Waals surface area contributed by atoms with E-state index in [0.717, 1.165) is 44.3 Å². The maximum atomic E-state index is 11.5. The van der Waals surface area contributed by atoms with Crippen LogP contribution in [0.1, 0.15) is 52.9 Å². The first kappa shape index (κ1) is 16.7. The third kappa shape index (κ3) is 8.79. The van der Waals surface area contributed by atoms with Crippen LogP contribution in [0.2, 0.25) is 0 Å². The van der Waals surface area contributed by atoms with Gasteiger partial charge in [-0.1, -0.05) is 33.1 Å². The molecule has 0 fully saturated rings. The van der Waals surface area contributed by atoms with E-state index in [2.05, 4.69) is 18.6 Å². The fourth-order valence-electron chi connectivity index (χ4n) is 1.55. The first-order chi connectivity index (χ1) is 8.63. The van der Waals surface area contributed by atoms with Gasteiger partial charge in [-0.2, -0.15) is 0 Å². The number of carbonyl (C=O) groups excluding carboxylic acids is 2. The Balaban J connectivity index is 4.11. The van der Waals surface area contributed by atoms with Gasteiger partial charge in [0.2, 0.25) is 0 Å². The molecule has 0 heterocycles. The summed E-state index contributed by atoms with van der Waals surface area (Å²) in [6, 6.07) is 0. The largest absolute Gasteiger partial charge is 0.463 e. The van der Waals surface area contributed by atoms with Crippen LogP contribution in [0.5, 0.6) is 0 Å². The maximum absolute atomic E-state index is 11.5. The van der Waals surface area contributed by atoms with E-state index in [4.69, 9.17) is 4.74 Å². The van der Waals surface area contributed by atoms with Gasteiger partial charge in [0.15, 0.2) is 0 Å². The van der Waals surface area contributed by atoms with E-state index in [9.17, 15) is 9.59 Å². The van der Waals surface area contributed by atoms with Crippen molar-refractivity contribution >= 4 is 11.9 Å². The van der Waals surface area contributed by atoms with Crippen molar-refractivity contribution in [2.45, 2.75) is 59.0 Å². The fraction of sp³-hybridized carbons (Fsp3) is 0.714. The summed E-state index contributed by atoms with van der Waals surface area (Å²) >= 11 is 0. The highest BCUT2D eigenvalue weighted by atomic mass is 16.5. The number of rotatable bonds is 9. The summed E-state index contributed by atoms with van der Waals surface area (Å²) in [4.78, 5) is 22.5. The molecule has 1 unspecified atom stereocenters. The first-order valence-corrected chi connectivity index (χ1v) is 6.69. The number of hydrogen-bond donors (Lipinski definition) is 0. The highest BCUT2D eigenvalue weighted by molar-refractivity contribution is 5.91. The number of ether oxygens (including phenoxy) is 2. The molecule has 0 amide bonds. The average molecular weight is 256 g/mol. The smallest absolute Gasteiger partial charge is 0.331 e. The second kappa shape index (κ2) is 10.8. The third-order valence-corrected chi connectivity index (χ3v) is 2.42. The van der Waals surface area contributed by atoms with E-state index in [1.54, 1.807) is 6.92 Å². The Morgan fingerprint density at radius 1 is 1.00 bits per heavy atom. The highest BCUT2D eigenvalue weighted by Gasteiger charge is 2.11. The van der Waals surface area contributed by atoms with Gasteiger partial charge in [-0.3, -0.25) is 0 Å². The monoisotopic (exact) mass is 256 g/mol. The van der Waals surface area contributed by atoms with Crippen LogP contribution in [0.15, 0.2) is 12.2 Å². The molecule has 0 aromatic carbocycles. The van der Waals surface area contributed by atoms with Gasteiger partial charge in [0.05, 0.1) is 6.61 Å². The summed E-state index contributed by atoms with van der Waals surface area (Å²) < 4.78 is 9.96. The lowest BCUT2D eigenvalue weighted by molar-refractivity contribution is -0.144. The Morgan fingerprint density at radius 2 is 1.67 bits per heavy atom. The molecule has 0 aliphatic rings. The summed E-state index contributed by atoms with van der Waals surface area (Å²) in [5.41, 5.74) is 0. The van der Waals surface area contributed by atoms with Gasteiger partial charge in [-0.05, 0) is 19.8 Å². The standard InChI is InChI=1S/C14H24O4/c1-4-7-9-12(8-5-2)18-14(16)11-10-13(15)17-6-3/h10-12H,4-9H2,1-3H3/b11-10+. The summed E-state index contributed by atoms with van der Waals surface area (Å²) in [6.45, 7) is 6.17. The predicted molar refractivity (Wildman–Crippen MR) is 70.1 cm³/mol. The normalized spacial score (nSPS) is 12.4. The number of carbonyl (C=O) groups is 2. The highest BCUT2D eigenvalue weighted by Crippen LogP contribution is 2.11. The van der Waals surface area contributed by atoms with Gasteiger partial charge in [0.1, 0.15) is 6.10 Å². The molecule has 0 saturated carbocycles. The van der Waals surface area contributed by atoms with Gasteiger partial charge in [0.25, 0.3) is 0 Å². The van der Waals surface area contributed by atoms with Gasteiger partial charge in [-0.15, -0.1) is 0 Å². The zero-order valence-corrected chi connectivity index (χ0v) is 11.6. The Bertz CT molecular complexity index is 271. The van der Waals surface area contributed by atoms with Crippen LogP contribution in [0.3, 0.4) is 0 Å². The van der Waals surface area contributed by atoms with E-state index in [1.165, 1.54) is 0 Å². The number of unbranched alkanes of at least 4 members (excludes halogenated alkanes) is 1. The Morgan fingerprint density at radius 3 is 2.22 bits per heavy atom. The fourth-order valence-corrected chi connectivity index (χ4v) is 1.55. The molecule has 0 rings (SSSR count). The second-order valence-electron chi connectivity index (χ2n) is 4.08. The van der Waals surface area contributed by atoms with Crippen LogP contribution in [0, 0.1) is 0 Å². The molecule has 0 aromatic rings. The Labute approximate surface area is 109 Å². The van der Waals surface area contributed by atoms with Crippen LogP contribution < -0.4 is 0 Å². The molecule has 0 aliphatic carbocycles. The average Bonchev–Trinajstić information content (AvgIpc) is 2.34. The van der Waals surface area contributed by atoms with Crippen LogP contribution in [0.25, 0.3) is 0 Å². The molecule has 4 nitrogen and oxygen atoms in total. The van der Waals surface area contributed by atoms with Gasteiger partial charge in [-0.25, -0.2) is 9.59 Å². The summed E-state index contributed by atoms with van der Waals surface area (Å²) in [7, 11) is 0. The minimum atomic E-state index is -0.518. The summed E-state index contributed by atoms with van der Waals surface area (Å²) in [5, 5.41) is 0. The van der Waals surface area contributed by atoms with Crippen LogP contribution in [-0.4, -0.2) is 24.6 Å². The van der Waals surface area contributed by atoms with Crippen LogP contribution in [0.4, 0.5) is 0 Å². The summed E-state index contributed by atoms with van der Waals surface area (Å²) in [5.74, 6) is -0.993. The SMILES string of the molecule is CCCCC(CCC)OC(=O)/C=C/C(=O)OCC. The van der Waals surface area contributed by atoms with Crippen molar-refractivity contribution in [1.29, 1.82) is 0 Å². The third-order valence-electron chi connectivity index (χ3n) is 2.42. The second-order valence-corrected chi connectivity index (χ2v) is 4.08. The molecule has 0 aliphatic heterocycles. The molecule has 0 saturated heterocycles. The van der Waals surface area contributed by atoms with E-state index >= 15 is 0 Å². The van der Waals surface area contributed by atoms with E-state index in [0.29, 0.717) is 6.61 Å². The van der Waals surface area contributed by atoms with E-state index in [1.807, 2.05) is 0 Å². The van der Waals surface area contributed by atoms with Crippen molar-refractivity contribution in [3.05, 3.63) is 12.2 Å². The molecule has 18 heavy (non-hydrogen) atoms. The Kier molecular flexibility index (Phi) is 10.0. The lowest BCUT2D eigenvalue weighted by Crippen LogP contribution is -2.17. The minimum Gasteiger partial charge on any atom is -0.463 e. The molecule has 4 heteroatoms. The molecule has 1 atom stereocenters. The van der Waals surface area contributed by atoms with E-state index in [-0.39, 0.29) is 6.10 Å². The van der Waals surface area contributed by atoms with Crippen molar-refractivity contribution in [2.24, 2.45) is 0 Å². The topological polar surface area (TPSA) is 52.6 Å². The van der Waals surface area contributed by atoms with Crippen molar-refractivity contribution < 1.29 is 19.1 Å².